The second kappa shape index (κ2) is 7.35. The third kappa shape index (κ3) is 4.53. The van der Waals surface area contributed by atoms with Gasteiger partial charge in [0.15, 0.2) is 0 Å². The molecule has 0 amide bonds. The van der Waals surface area contributed by atoms with Crippen molar-refractivity contribution in [3.05, 3.63) is 15.4 Å². The van der Waals surface area contributed by atoms with E-state index in [9.17, 15) is 8.42 Å². The van der Waals surface area contributed by atoms with Crippen molar-refractivity contribution < 1.29 is 8.42 Å². The molecule has 0 unspecified atom stereocenters. The van der Waals surface area contributed by atoms with Crippen LogP contribution in [0, 0.1) is 6.92 Å². The maximum Gasteiger partial charge on any atom is 0.250 e. The normalized spacial score (nSPS) is 17.5. The average Bonchev–Trinajstić information content (AvgIpc) is 2.77. The lowest BCUT2D eigenvalue weighted by Gasteiger charge is -2.26. The van der Waals surface area contributed by atoms with Gasteiger partial charge in [0.1, 0.15) is 4.21 Å². The first-order chi connectivity index (χ1) is 9.49. The highest BCUT2D eigenvalue weighted by Gasteiger charge is 2.18. The number of nitrogens with zero attached hydrogens (tertiary/aromatic N) is 1. The summed E-state index contributed by atoms with van der Waals surface area (Å²) in [7, 11) is -3.34. The van der Waals surface area contributed by atoms with Crippen molar-refractivity contribution in [3.8, 4) is 0 Å². The first-order valence-electron chi connectivity index (χ1n) is 6.97. The van der Waals surface area contributed by atoms with Crippen LogP contribution in [0.5, 0.6) is 0 Å². The molecular weight excluding hydrogens is 360 g/mol. The van der Waals surface area contributed by atoms with Gasteiger partial charge in [-0.15, -0.1) is 11.3 Å². The summed E-state index contributed by atoms with van der Waals surface area (Å²) in [6.45, 7) is 5.70. The van der Waals surface area contributed by atoms with Crippen LogP contribution in [0.3, 0.4) is 0 Å². The molecule has 20 heavy (non-hydrogen) atoms. The number of sulfonamides is 1. The van der Waals surface area contributed by atoms with Crippen molar-refractivity contribution in [1.29, 1.82) is 0 Å². The zero-order valence-electron chi connectivity index (χ0n) is 11.7. The Morgan fingerprint density at radius 1 is 1.35 bits per heavy atom. The van der Waals surface area contributed by atoms with Gasteiger partial charge >= 0.3 is 0 Å². The molecule has 0 radical (unpaired) electrons. The summed E-state index contributed by atoms with van der Waals surface area (Å²) >= 11 is 4.63. The Labute approximate surface area is 133 Å². The molecular formula is C13H21BrN2O2S2. The smallest absolute Gasteiger partial charge is 0.250 e. The third-order valence-electron chi connectivity index (χ3n) is 3.49. The topological polar surface area (TPSA) is 49.4 Å². The molecule has 0 aromatic carbocycles. The van der Waals surface area contributed by atoms with Gasteiger partial charge in [-0.3, -0.25) is 0 Å². The van der Waals surface area contributed by atoms with Gasteiger partial charge < -0.3 is 4.90 Å². The van der Waals surface area contributed by atoms with Gasteiger partial charge in [-0.1, -0.05) is 6.42 Å². The number of likely N-dealkylation sites (tertiary alicyclic amines) is 1. The minimum atomic E-state index is -3.34. The van der Waals surface area contributed by atoms with E-state index in [0.29, 0.717) is 10.8 Å². The van der Waals surface area contributed by atoms with Crippen LogP contribution in [-0.4, -0.2) is 39.5 Å². The Hall–Kier alpha value is 0.0500. The largest absolute Gasteiger partial charge is 0.303 e. The molecule has 0 aliphatic carbocycles. The molecule has 4 nitrogen and oxygen atoms in total. The van der Waals surface area contributed by atoms with Gasteiger partial charge in [-0.25, -0.2) is 13.1 Å². The molecule has 1 aliphatic heterocycles. The summed E-state index contributed by atoms with van der Waals surface area (Å²) in [5.41, 5.74) is 0.962. The number of thiophene rings is 1. The zero-order valence-corrected chi connectivity index (χ0v) is 14.9. The van der Waals surface area contributed by atoms with Crippen molar-refractivity contribution >= 4 is 37.3 Å². The zero-order chi connectivity index (χ0) is 14.6. The Bertz CT molecular complexity index is 517. The fourth-order valence-electron chi connectivity index (χ4n) is 2.33. The predicted octanol–water partition coefficient (Wildman–Crippen LogP) is 2.97. The molecule has 114 valence electrons. The van der Waals surface area contributed by atoms with E-state index < -0.39 is 10.0 Å². The van der Waals surface area contributed by atoms with Crippen LogP contribution in [-0.2, 0) is 10.0 Å². The summed E-state index contributed by atoms with van der Waals surface area (Å²) in [6.07, 6.45) is 4.74. The van der Waals surface area contributed by atoms with E-state index in [-0.39, 0.29) is 0 Å². The highest BCUT2D eigenvalue weighted by atomic mass is 79.9. The van der Waals surface area contributed by atoms with E-state index >= 15 is 0 Å². The number of nitrogens with one attached hydrogen (secondary N) is 1. The van der Waals surface area contributed by atoms with Gasteiger partial charge in [0.25, 0.3) is 0 Å². The van der Waals surface area contributed by atoms with Crippen LogP contribution in [0.15, 0.2) is 14.1 Å². The monoisotopic (exact) mass is 380 g/mol. The molecule has 1 N–H and O–H groups in total. The summed E-state index contributed by atoms with van der Waals surface area (Å²) in [5, 5.41) is 0. The van der Waals surface area contributed by atoms with Crippen molar-refractivity contribution in [1.82, 2.24) is 9.62 Å². The average molecular weight is 381 g/mol. The van der Waals surface area contributed by atoms with Crippen molar-refractivity contribution in [2.45, 2.75) is 36.8 Å². The SMILES string of the molecule is Cc1cc(S(=O)(=O)NCCCN2CCCCC2)sc1Br. The van der Waals surface area contributed by atoms with Crippen molar-refractivity contribution in [3.63, 3.8) is 0 Å². The van der Waals surface area contributed by atoms with E-state index in [1.807, 2.05) is 6.92 Å². The number of rotatable bonds is 6. The first-order valence-corrected chi connectivity index (χ1v) is 10.1. The quantitative estimate of drug-likeness (QED) is 0.771. The Balaban J connectivity index is 1.77. The summed E-state index contributed by atoms with van der Waals surface area (Å²) in [4.78, 5) is 2.42. The van der Waals surface area contributed by atoms with E-state index in [1.165, 1.54) is 30.6 Å². The van der Waals surface area contributed by atoms with Gasteiger partial charge in [-0.2, -0.15) is 0 Å². The van der Waals surface area contributed by atoms with Crippen molar-refractivity contribution in [2.75, 3.05) is 26.2 Å². The Morgan fingerprint density at radius 2 is 2.05 bits per heavy atom. The number of hydrogen-bond donors (Lipinski definition) is 1. The number of aryl methyl sites for hydroxylation is 1. The van der Waals surface area contributed by atoms with Crippen LogP contribution in [0.4, 0.5) is 0 Å². The molecule has 0 atom stereocenters. The van der Waals surface area contributed by atoms with Crippen molar-refractivity contribution in [2.24, 2.45) is 0 Å². The molecule has 1 fully saturated rings. The second-order valence-electron chi connectivity index (χ2n) is 5.18. The van der Waals surface area contributed by atoms with Crippen LogP contribution in [0.1, 0.15) is 31.2 Å². The lowest BCUT2D eigenvalue weighted by molar-refractivity contribution is 0.227. The highest BCUT2D eigenvalue weighted by Crippen LogP contribution is 2.30. The second-order valence-corrected chi connectivity index (χ2v) is 9.54. The lowest BCUT2D eigenvalue weighted by Crippen LogP contribution is -2.33. The molecule has 1 aliphatic rings. The molecule has 1 saturated heterocycles. The number of hydrogen-bond acceptors (Lipinski definition) is 4. The van der Waals surface area contributed by atoms with Gasteiger partial charge in [-0.05, 0) is 73.4 Å². The van der Waals surface area contributed by atoms with Crippen LogP contribution in [0.2, 0.25) is 0 Å². The molecule has 0 spiro atoms. The molecule has 1 aromatic rings. The molecule has 2 heterocycles. The molecule has 1 aromatic heterocycles. The molecule has 7 heteroatoms. The Kier molecular flexibility index (Phi) is 6.04. The highest BCUT2D eigenvalue weighted by molar-refractivity contribution is 9.11. The van der Waals surface area contributed by atoms with E-state index in [0.717, 1.165) is 35.4 Å². The Morgan fingerprint density at radius 3 is 2.65 bits per heavy atom. The van der Waals surface area contributed by atoms with E-state index in [2.05, 4.69) is 25.6 Å². The predicted molar refractivity (Wildman–Crippen MR) is 86.9 cm³/mol. The lowest BCUT2D eigenvalue weighted by atomic mass is 10.1. The van der Waals surface area contributed by atoms with E-state index in [4.69, 9.17) is 0 Å². The van der Waals surface area contributed by atoms with Gasteiger partial charge in [0, 0.05) is 6.54 Å². The fourth-order valence-corrected chi connectivity index (χ4v) is 5.67. The van der Waals surface area contributed by atoms with Crippen LogP contribution >= 0.6 is 27.3 Å². The minimum absolute atomic E-state index is 0.389. The first kappa shape index (κ1) is 16.4. The summed E-state index contributed by atoms with van der Waals surface area (Å²) in [5.74, 6) is 0. The van der Waals surface area contributed by atoms with E-state index in [1.54, 1.807) is 6.07 Å². The maximum atomic E-state index is 12.1. The molecule has 0 saturated carbocycles. The van der Waals surface area contributed by atoms with Crippen LogP contribution in [0.25, 0.3) is 0 Å². The number of halogens is 1. The third-order valence-corrected chi connectivity index (χ3v) is 7.56. The number of piperidine rings is 1. The molecule has 2 rings (SSSR count). The molecule has 0 bridgehead atoms. The van der Waals surface area contributed by atoms with Crippen LogP contribution < -0.4 is 4.72 Å². The fraction of sp³-hybridized carbons (Fsp3) is 0.692. The summed E-state index contributed by atoms with van der Waals surface area (Å²) in [6, 6.07) is 1.71. The standard InChI is InChI=1S/C13H21BrN2O2S2/c1-11-10-12(19-13(11)14)20(17,18)15-6-5-9-16-7-3-2-4-8-16/h10,15H,2-9H2,1H3. The van der Waals surface area contributed by atoms with Gasteiger partial charge in [0.05, 0.1) is 3.79 Å². The maximum absolute atomic E-state index is 12.1. The summed E-state index contributed by atoms with van der Waals surface area (Å²) < 4.78 is 28.2. The minimum Gasteiger partial charge on any atom is -0.303 e. The van der Waals surface area contributed by atoms with Gasteiger partial charge in [0.2, 0.25) is 10.0 Å².